The summed E-state index contributed by atoms with van der Waals surface area (Å²) >= 11 is 0. The number of nitrogens with one attached hydrogen (secondary N) is 2. The van der Waals surface area contributed by atoms with Crippen LogP contribution in [0.2, 0.25) is 0 Å². The number of anilines is 2. The summed E-state index contributed by atoms with van der Waals surface area (Å²) in [6.45, 7) is 10.4. The fraction of sp³-hybridized carbons (Fsp3) is 0.355. The zero-order valence-electron chi connectivity index (χ0n) is 23.0. The van der Waals surface area contributed by atoms with Gasteiger partial charge in [0.05, 0.1) is 5.56 Å². The molecule has 5 nitrogen and oxygen atoms in total. The van der Waals surface area contributed by atoms with E-state index in [1.165, 1.54) is 17.0 Å². The molecular formula is C31H36F3N3O2. The van der Waals surface area contributed by atoms with Crippen molar-refractivity contribution < 1.29 is 22.8 Å². The second-order valence-corrected chi connectivity index (χ2v) is 10.2. The van der Waals surface area contributed by atoms with E-state index in [0.29, 0.717) is 12.0 Å². The summed E-state index contributed by atoms with van der Waals surface area (Å²) in [7, 11) is 0. The number of amides is 3. The predicted molar refractivity (Wildman–Crippen MR) is 151 cm³/mol. The molecule has 3 aromatic carbocycles. The van der Waals surface area contributed by atoms with E-state index in [-0.39, 0.29) is 36.6 Å². The summed E-state index contributed by atoms with van der Waals surface area (Å²) in [5.41, 5.74) is 3.32. The molecule has 0 atom stereocenters. The van der Waals surface area contributed by atoms with Gasteiger partial charge in [0.2, 0.25) is 0 Å². The summed E-state index contributed by atoms with van der Waals surface area (Å²) in [4.78, 5) is 27.6. The summed E-state index contributed by atoms with van der Waals surface area (Å²) in [6.07, 6.45) is -4.20. The Bertz CT molecular complexity index is 1280. The lowest BCUT2D eigenvalue weighted by atomic mass is 9.93. The van der Waals surface area contributed by atoms with E-state index in [0.717, 1.165) is 34.5 Å². The van der Waals surface area contributed by atoms with Gasteiger partial charge in [-0.2, -0.15) is 13.2 Å². The summed E-state index contributed by atoms with van der Waals surface area (Å²) in [6, 6.07) is 17.3. The molecule has 208 valence electrons. The smallest absolute Gasteiger partial charge is 0.338 e. The Morgan fingerprint density at radius 3 is 2.08 bits per heavy atom. The topological polar surface area (TPSA) is 61.4 Å². The summed E-state index contributed by atoms with van der Waals surface area (Å²) in [5.74, 6) is 0.0317. The Morgan fingerprint density at radius 1 is 0.872 bits per heavy atom. The highest BCUT2D eigenvalue weighted by atomic mass is 19.4. The van der Waals surface area contributed by atoms with Crippen LogP contribution in [0.5, 0.6) is 0 Å². The van der Waals surface area contributed by atoms with E-state index >= 15 is 0 Å². The fourth-order valence-corrected chi connectivity index (χ4v) is 4.45. The Kier molecular flexibility index (Phi) is 9.78. The van der Waals surface area contributed by atoms with Crippen molar-refractivity contribution >= 4 is 23.3 Å². The van der Waals surface area contributed by atoms with E-state index in [2.05, 4.69) is 38.3 Å². The number of carbonyl (C=O) groups is 2. The molecule has 0 fully saturated rings. The Morgan fingerprint density at radius 2 is 1.49 bits per heavy atom. The molecule has 39 heavy (non-hydrogen) atoms. The van der Waals surface area contributed by atoms with Crippen molar-refractivity contribution in [2.45, 2.75) is 59.1 Å². The van der Waals surface area contributed by atoms with Crippen molar-refractivity contribution in [1.82, 2.24) is 5.32 Å². The van der Waals surface area contributed by atoms with Gasteiger partial charge in [-0.15, -0.1) is 0 Å². The molecule has 0 bridgehead atoms. The molecule has 0 aliphatic rings. The molecular weight excluding hydrogens is 503 g/mol. The van der Waals surface area contributed by atoms with Crippen LogP contribution in [0.1, 0.15) is 78.6 Å². The molecule has 0 aliphatic heterocycles. The number of rotatable bonds is 9. The average Bonchev–Trinajstić information content (AvgIpc) is 2.88. The van der Waals surface area contributed by atoms with Gasteiger partial charge >= 0.3 is 12.2 Å². The SMILES string of the molecule is Cc1ccccc1C(=O)N(CCCNC(=O)Nc1c(C(C)C)cccc1C(C)C)c1cccc(C(F)(F)F)c1. The number of carbonyl (C=O) groups excluding carboxylic acids is 2. The van der Waals surface area contributed by atoms with Gasteiger partial charge in [0.25, 0.3) is 5.91 Å². The molecule has 0 saturated heterocycles. The maximum Gasteiger partial charge on any atom is 0.416 e. The van der Waals surface area contributed by atoms with Crippen LogP contribution in [0.3, 0.4) is 0 Å². The number of aryl methyl sites for hydroxylation is 1. The molecule has 0 heterocycles. The third kappa shape index (κ3) is 7.62. The normalized spacial score (nSPS) is 11.5. The maximum absolute atomic E-state index is 13.4. The van der Waals surface area contributed by atoms with Crippen LogP contribution in [0.4, 0.5) is 29.3 Å². The van der Waals surface area contributed by atoms with Gasteiger partial charge in [-0.05, 0) is 66.1 Å². The minimum Gasteiger partial charge on any atom is -0.338 e. The minimum atomic E-state index is -4.53. The van der Waals surface area contributed by atoms with Crippen LogP contribution in [0, 0.1) is 6.92 Å². The maximum atomic E-state index is 13.4. The van der Waals surface area contributed by atoms with Gasteiger partial charge < -0.3 is 15.5 Å². The van der Waals surface area contributed by atoms with Crippen molar-refractivity contribution in [3.63, 3.8) is 0 Å². The quantitative estimate of drug-likeness (QED) is 0.270. The van der Waals surface area contributed by atoms with Gasteiger partial charge in [0.1, 0.15) is 0 Å². The highest BCUT2D eigenvalue weighted by Gasteiger charge is 2.31. The zero-order chi connectivity index (χ0) is 28.7. The van der Waals surface area contributed by atoms with Gasteiger partial charge in [-0.25, -0.2) is 4.79 Å². The molecule has 3 amide bonds. The molecule has 0 unspecified atom stereocenters. The van der Waals surface area contributed by atoms with Crippen LogP contribution in [0.15, 0.2) is 66.7 Å². The van der Waals surface area contributed by atoms with Gasteiger partial charge in [0, 0.05) is 30.0 Å². The van der Waals surface area contributed by atoms with Gasteiger partial charge in [0.15, 0.2) is 0 Å². The second kappa shape index (κ2) is 12.8. The Hall–Kier alpha value is -3.81. The van der Waals surface area contributed by atoms with Crippen molar-refractivity contribution in [3.8, 4) is 0 Å². The third-order valence-electron chi connectivity index (χ3n) is 6.56. The van der Waals surface area contributed by atoms with Gasteiger partial charge in [-0.1, -0.05) is 70.2 Å². The number of hydrogen-bond acceptors (Lipinski definition) is 2. The number of alkyl halides is 3. The number of halogens is 3. The average molecular weight is 540 g/mol. The van der Waals surface area contributed by atoms with Crippen molar-refractivity contribution in [3.05, 3.63) is 94.5 Å². The molecule has 0 saturated carbocycles. The number of hydrogen-bond donors (Lipinski definition) is 2. The van der Waals surface area contributed by atoms with Crippen molar-refractivity contribution in [1.29, 1.82) is 0 Å². The standard InChI is InChI=1S/C31H36F3N3O2/c1-20(2)25-15-9-16-26(21(3)4)28(25)36-30(39)35-17-10-18-37(29(38)27-14-7-6-11-22(27)5)24-13-8-12-23(19-24)31(32,33)34/h6-9,11-16,19-21H,10,17-18H2,1-5H3,(H2,35,36,39). The molecule has 3 aromatic rings. The molecule has 3 rings (SSSR count). The first-order valence-corrected chi connectivity index (χ1v) is 13.1. The predicted octanol–water partition coefficient (Wildman–Crippen LogP) is 8.12. The minimum absolute atomic E-state index is 0.120. The Balaban J connectivity index is 1.75. The van der Waals surface area contributed by atoms with Crippen LogP contribution in [-0.2, 0) is 6.18 Å². The van der Waals surface area contributed by atoms with E-state index in [9.17, 15) is 22.8 Å². The fourth-order valence-electron chi connectivity index (χ4n) is 4.45. The molecule has 2 N–H and O–H groups in total. The Labute approximate surface area is 228 Å². The molecule has 0 radical (unpaired) electrons. The van der Waals surface area contributed by atoms with E-state index < -0.39 is 17.6 Å². The largest absolute Gasteiger partial charge is 0.416 e. The lowest BCUT2D eigenvalue weighted by Crippen LogP contribution is -2.36. The van der Waals surface area contributed by atoms with Crippen LogP contribution in [-0.4, -0.2) is 25.0 Å². The highest BCUT2D eigenvalue weighted by molar-refractivity contribution is 6.07. The second-order valence-electron chi connectivity index (χ2n) is 10.2. The van der Waals surface area contributed by atoms with Crippen LogP contribution in [0.25, 0.3) is 0 Å². The summed E-state index contributed by atoms with van der Waals surface area (Å²) in [5, 5.41) is 5.81. The first kappa shape index (κ1) is 29.7. The van der Waals surface area contributed by atoms with Crippen LogP contribution >= 0.6 is 0 Å². The molecule has 0 aromatic heterocycles. The lowest BCUT2D eigenvalue weighted by Gasteiger charge is -2.25. The van der Waals surface area contributed by atoms with Crippen molar-refractivity contribution in [2.75, 3.05) is 23.3 Å². The highest BCUT2D eigenvalue weighted by Crippen LogP contribution is 2.33. The zero-order valence-corrected chi connectivity index (χ0v) is 23.0. The monoisotopic (exact) mass is 539 g/mol. The lowest BCUT2D eigenvalue weighted by molar-refractivity contribution is -0.137. The van der Waals surface area contributed by atoms with Gasteiger partial charge in [-0.3, -0.25) is 4.79 Å². The van der Waals surface area contributed by atoms with E-state index in [1.54, 1.807) is 31.2 Å². The van der Waals surface area contributed by atoms with E-state index in [4.69, 9.17) is 0 Å². The number of benzene rings is 3. The van der Waals surface area contributed by atoms with Crippen LogP contribution < -0.4 is 15.5 Å². The number of urea groups is 1. The molecule has 0 aliphatic carbocycles. The molecule has 8 heteroatoms. The third-order valence-corrected chi connectivity index (χ3v) is 6.56. The van der Waals surface area contributed by atoms with E-state index in [1.807, 2.05) is 18.2 Å². The first-order chi connectivity index (χ1) is 18.4. The molecule has 0 spiro atoms. The number of para-hydroxylation sites is 1. The van der Waals surface area contributed by atoms with Crippen molar-refractivity contribution in [2.24, 2.45) is 0 Å². The number of nitrogens with zero attached hydrogens (tertiary/aromatic N) is 1. The first-order valence-electron chi connectivity index (χ1n) is 13.1. The summed E-state index contributed by atoms with van der Waals surface area (Å²) < 4.78 is 40.2.